The fourth-order valence-corrected chi connectivity index (χ4v) is 3.05. The topological polar surface area (TPSA) is 27.1 Å². The molecule has 2 aromatic carbocycles. The SMILES string of the molecule is Clc1ccc(C(CCn2ccnc2)Oc2cc(Cl)cc(Cl)c2)cc1. The molecular formula is C18H15Cl3N2O. The van der Waals surface area contributed by atoms with Crippen molar-refractivity contribution in [3.63, 3.8) is 0 Å². The minimum Gasteiger partial charge on any atom is -0.486 e. The summed E-state index contributed by atoms with van der Waals surface area (Å²) in [6.45, 7) is 0.779. The molecule has 0 radical (unpaired) electrons. The second-order valence-corrected chi connectivity index (χ2v) is 6.66. The van der Waals surface area contributed by atoms with E-state index in [0.717, 1.165) is 18.5 Å². The van der Waals surface area contributed by atoms with Gasteiger partial charge in [0.2, 0.25) is 0 Å². The molecule has 1 aromatic heterocycles. The van der Waals surface area contributed by atoms with Crippen LogP contribution in [0.15, 0.2) is 61.2 Å². The molecule has 3 aromatic rings. The molecule has 124 valence electrons. The second-order valence-electron chi connectivity index (χ2n) is 5.35. The van der Waals surface area contributed by atoms with E-state index >= 15 is 0 Å². The number of ether oxygens (including phenoxy) is 1. The lowest BCUT2D eigenvalue weighted by Crippen LogP contribution is -2.11. The molecule has 0 aliphatic carbocycles. The Morgan fingerprint density at radius 1 is 0.958 bits per heavy atom. The summed E-state index contributed by atoms with van der Waals surface area (Å²) in [7, 11) is 0. The highest BCUT2D eigenvalue weighted by Gasteiger charge is 2.15. The molecule has 24 heavy (non-hydrogen) atoms. The van der Waals surface area contributed by atoms with Crippen LogP contribution < -0.4 is 4.74 Å². The first-order valence-electron chi connectivity index (χ1n) is 7.44. The van der Waals surface area contributed by atoms with E-state index in [1.807, 2.05) is 35.0 Å². The van der Waals surface area contributed by atoms with Gasteiger partial charge < -0.3 is 9.30 Å². The first kappa shape index (κ1) is 17.2. The summed E-state index contributed by atoms with van der Waals surface area (Å²) >= 11 is 18.1. The van der Waals surface area contributed by atoms with Crippen LogP contribution in [0.25, 0.3) is 0 Å². The first-order valence-corrected chi connectivity index (χ1v) is 8.57. The fourth-order valence-electron chi connectivity index (χ4n) is 2.42. The lowest BCUT2D eigenvalue weighted by molar-refractivity contribution is 0.188. The number of rotatable bonds is 6. The second kappa shape index (κ2) is 7.93. The van der Waals surface area contributed by atoms with E-state index in [0.29, 0.717) is 20.8 Å². The maximum Gasteiger partial charge on any atom is 0.125 e. The van der Waals surface area contributed by atoms with Gasteiger partial charge in [-0.15, -0.1) is 0 Å². The zero-order valence-corrected chi connectivity index (χ0v) is 15.0. The molecule has 0 saturated carbocycles. The van der Waals surface area contributed by atoms with Crippen molar-refractivity contribution in [2.75, 3.05) is 0 Å². The molecule has 0 aliphatic rings. The Labute approximate surface area is 155 Å². The molecule has 1 unspecified atom stereocenters. The van der Waals surface area contributed by atoms with Crippen molar-refractivity contribution in [3.05, 3.63) is 81.8 Å². The maximum atomic E-state index is 6.15. The van der Waals surface area contributed by atoms with Crippen LogP contribution in [0.4, 0.5) is 0 Å². The highest BCUT2D eigenvalue weighted by Crippen LogP contribution is 2.30. The average molecular weight is 382 g/mol. The van der Waals surface area contributed by atoms with Gasteiger partial charge in [-0.25, -0.2) is 4.98 Å². The molecule has 0 fully saturated rings. The van der Waals surface area contributed by atoms with Crippen LogP contribution in [-0.2, 0) is 6.54 Å². The van der Waals surface area contributed by atoms with Crippen molar-refractivity contribution in [1.29, 1.82) is 0 Å². The van der Waals surface area contributed by atoms with E-state index in [-0.39, 0.29) is 6.10 Å². The van der Waals surface area contributed by atoms with Crippen molar-refractivity contribution < 1.29 is 4.74 Å². The molecule has 6 heteroatoms. The summed E-state index contributed by atoms with van der Waals surface area (Å²) in [6, 6.07) is 12.8. The molecule has 3 rings (SSSR count). The van der Waals surface area contributed by atoms with Crippen LogP contribution in [0.2, 0.25) is 15.1 Å². The molecule has 1 heterocycles. The predicted octanol–water partition coefficient (Wildman–Crippen LogP) is 6.05. The third kappa shape index (κ3) is 4.67. The lowest BCUT2D eigenvalue weighted by atomic mass is 10.1. The summed E-state index contributed by atoms with van der Waals surface area (Å²) in [4.78, 5) is 4.06. The maximum absolute atomic E-state index is 6.15. The number of hydrogen-bond donors (Lipinski definition) is 0. The van der Waals surface area contributed by atoms with Crippen LogP contribution in [-0.4, -0.2) is 9.55 Å². The Morgan fingerprint density at radius 3 is 2.29 bits per heavy atom. The molecule has 0 aliphatic heterocycles. The zero-order valence-electron chi connectivity index (χ0n) is 12.7. The first-order chi connectivity index (χ1) is 11.6. The van der Waals surface area contributed by atoms with Gasteiger partial charge in [0.05, 0.1) is 6.33 Å². The van der Waals surface area contributed by atoms with E-state index in [4.69, 9.17) is 39.5 Å². The number of aryl methyl sites for hydroxylation is 1. The van der Waals surface area contributed by atoms with Gasteiger partial charge in [0.25, 0.3) is 0 Å². The van der Waals surface area contributed by atoms with Crippen molar-refractivity contribution in [2.24, 2.45) is 0 Å². The molecule has 0 bridgehead atoms. The summed E-state index contributed by atoms with van der Waals surface area (Å²) in [6.07, 6.45) is 6.08. The fraction of sp³-hybridized carbons (Fsp3) is 0.167. The lowest BCUT2D eigenvalue weighted by Gasteiger charge is -2.20. The van der Waals surface area contributed by atoms with Crippen LogP contribution in [0.1, 0.15) is 18.1 Å². The van der Waals surface area contributed by atoms with Crippen molar-refractivity contribution in [2.45, 2.75) is 19.1 Å². The van der Waals surface area contributed by atoms with Gasteiger partial charge >= 0.3 is 0 Å². The molecule has 0 amide bonds. The molecular weight excluding hydrogens is 367 g/mol. The standard InChI is InChI=1S/C18H15Cl3N2O/c19-14-3-1-13(2-4-14)18(5-7-23-8-6-22-12-23)24-17-10-15(20)9-16(21)11-17/h1-4,6,8-12,18H,5,7H2. The summed E-state index contributed by atoms with van der Waals surface area (Å²) in [5, 5.41) is 1.78. The van der Waals surface area contributed by atoms with Crippen LogP contribution in [0.5, 0.6) is 5.75 Å². The zero-order chi connectivity index (χ0) is 16.9. The van der Waals surface area contributed by atoms with E-state index in [1.165, 1.54) is 0 Å². The quantitative estimate of drug-likeness (QED) is 0.519. The molecule has 3 nitrogen and oxygen atoms in total. The normalized spacial score (nSPS) is 12.1. The van der Waals surface area contributed by atoms with Crippen molar-refractivity contribution in [3.8, 4) is 5.75 Å². The van der Waals surface area contributed by atoms with E-state index < -0.39 is 0 Å². The Balaban J connectivity index is 1.81. The van der Waals surface area contributed by atoms with Gasteiger partial charge in [0.1, 0.15) is 11.9 Å². The molecule has 0 N–H and O–H groups in total. The van der Waals surface area contributed by atoms with Gasteiger partial charge in [-0.3, -0.25) is 0 Å². The van der Waals surface area contributed by atoms with Crippen LogP contribution in [0.3, 0.4) is 0 Å². The molecule has 0 spiro atoms. The number of imidazole rings is 1. The van der Waals surface area contributed by atoms with Gasteiger partial charge in [0, 0.05) is 40.4 Å². The summed E-state index contributed by atoms with van der Waals surface area (Å²) < 4.78 is 8.17. The highest BCUT2D eigenvalue weighted by atomic mass is 35.5. The minimum absolute atomic E-state index is 0.154. The third-order valence-electron chi connectivity index (χ3n) is 3.56. The molecule has 1 atom stereocenters. The van der Waals surface area contributed by atoms with E-state index in [2.05, 4.69) is 4.98 Å². The van der Waals surface area contributed by atoms with E-state index in [1.54, 1.807) is 30.7 Å². The van der Waals surface area contributed by atoms with Gasteiger partial charge in [-0.2, -0.15) is 0 Å². The minimum atomic E-state index is -0.154. The smallest absolute Gasteiger partial charge is 0.125 e. The van der Waals surface area contributed by atoms with Gasteiger partial charge in [-0.05, 0) is 35.9 Å². The largest absolute Gasteiger partial charge is 0.486 e. The number of hydrogen-bond acceptors (Lipinski definition) is 2. The van der Waals surface area contributed by atoms with Gasteiger partial charge in [-0.1, -0.05) is 46.9 Å². The average Bonchev–Trinajstić information content (AvgIpc) is 3.05. The van der Waals surface area contributed by atoms with Crippen molar-refractivity contribution >= 4 is 34.8 Å². The number of benzene rings is 2. The van der Waals surface area contributed by atoms with Crippen LogP contribution >= 0.6 is 34.8 Å². The third-order valence-corrected chi connectivity index (χ3v) is 4.25. The Bertz CT molecular complexity index is 768. The van der Waals surface area contributed by atoms with Crippen molar-refractivity contribution in [1.82, 2.24) is 9.55 Å². The highest BCUT2D eigenvalue weighted by molar-refractivity contribution is 6.34. The monoisotopic (exact) mass is 380 g/mol. The number of halogens is 3. The Hall–Kier alpha value is -1.68. The predicted molar refractivity (Wildman–Crippen MR) is 98.1 cm³/mol. The Morgan fingerprint density at radius 2 is 1.67 bits per heavy atom. The molecule has 0 saturated heterocycles. The Kier molecular flexibility index (Phi) is 5.67. The van der Waals surface area contributed by atoms with Gasteiger partial charge in [0.15, 0.2) is 0 Å². The number of aromatic nitrogens is 2. The van der Waals surface area contributed by atoms with Crippen LogP contribution in [0, 0.1) is 0 Å². The van der Waals surface area contributed by atoms with E-state index in [9.17, 15) is 0 Å². The summed E-state index contributed by atoms with van der Waals surface area (Å²) in [5.74, 6) is 0.637. The number of nitrogens with zero attached hydrogens (tertiary/aromatic N) is 2. The summed E-state index contributed by atoms with van der Waals surface area (Å²) in [5.41, 5.74) is 1.04.